The van der Waals surface area contributed by atoms with Gasteiger partial charge < -0.3 is 19.7 Å². The number of aliphatic hydroxyl groups excluding tert-OH is 2. The Balaban J connectivity index is 1.92. The Labute approximate surface area is 158 Å². The van der Waals surface area contributed by atoms with Crippen molar-refractivity contribution < 1.29 is 29.3 Å². The summed E-state index contributed by atoms with van der Waals surface area (Å²) in [6.07, 6.45) is -3.57. The van der Waals surface area contributed by atoms with E-state index in [4.69, 9.17) is 9.47 Å². The minimum absolute atomic E-state index is 0.0312. The number of imidazole rings is 1. The van der Waals surface area contributed by atoms with Crippen LogP contribution in [0.25, 0.3) is 11.2 Å². The number of anilines is 1. The van der Waals surface area contributed by atoms with Crippen LogP contribution in [-0.2, 0) is 19.1 Å². The number of nitrogens with one attached hydrogen (secondary N) is 2. The lowest BCUT2D eigenvalue weighted by Gasteiger charge is -2.16. The van der Waals surface area contributed by atoms with Crippen molar-refractivity contribution >= 4 is 29.0 Å². The van der Waals surface area contributed by atoms with Gasteiger partial charge in [-0.1, -0.05) is 13.8 Å². The van der Waals surface area contributed by atoms with Crippen molar-refractivity contribution in [1.29, 1.82) is 0 Å². The van der Waals surface area contributed by atoms with Gasteiger partial charge in [0.05, 0.1) is 6.33 Å². The first kappa shape index (κ1) is 19.9. The third-order valence-electron chi connectivity index (χ3n) is 4.26. The van der Waals surface area contributed by atoms with E-state index in [1.807, 2.05) is 0 Å². The second-order valence-electron chi connectivity index (χ2n) is 6.73. The fourth-order valence-electron chi connectivity index (χ4n) is 2.73. The summed E-state index contributed by atoms with van der Waals surface area (Å²) in [5, 5.41) is 23.0. The first-order valence-corrected chi connectivity index (χ1v) is 8.61. The van der Waals surface area contributed by atoms with Gasteiger partial charge in [-0.25, -0.2) is 4.98 Å². The van der Waals surface area contributed by atoms with Gasteiger partial charge in [0.2, 0.25) is 11.9 Å². The van der Waals surface area contributed by atoms with Crippen LogP contribution in [-0.4, -0.2) is 66.5 Å². The van der Waals surface area contributed by atoms with Crippen LogP contribution in [0.1, 0.15) is 27.0 Å². The quantitative estimate of drug-likeness (QED) is 0.459. The molecule has 0 aromatic carbocycles. The Morgan fingerprint density at radius 2 is 2.11 bits per heavy atom. The smallest absolute Gasteiger partial charge is 0.302 e. The molecule has 0 aliphatic carbocycles. The summed E-state index contributed by atoms with van der Waals surface area (Å²) in [5.74, 6) is -1.31. The third-order valence-corrected chi connectivity index (χ3v) is 4.26. The summed E-state index contributed by atoms with van der Waals surface area (Å²) < 4.78 is 11.7. The highest BCUT2D eigenvalue weighted by atomic mass is 16.6. The zero-order valence-corrected chi connectivity index (χ0v) is 15.4. The van der Waals surface area contributed by atoms with Gasteiger partial charge in [0, 0.05) is 12.8 Å². The molecule has 1 saturated heterocycles. The molecule has 2 aromatic heterocycles. The van der Waals surface area contributed by atoms with E-state index in [2.05, 4.69) is 20.3 Å². The molecular formula is C16H21N5O7. The number of aliphatic hydroxyl groups is 2. The number of hydrogen-bond acceptors (Lipinski definition) is 9. The molecule has 4 atom stereocenters. The van der Waals surface area contributed by atoms with E-state index in [0.29, 0.717) is 0 Å². The predicted molar refractivity (Wildman–Crippen MR) is 94.2 cm³/mol. The fraction of sp³-hybridized carbons (Fsp3) is 0.562. The molecule has 12 nitrogen and oxygen atoms in total. The Kier molecular flexibility index (Phi) is 5.45. The highest BCUT2D eigenvalue weighted by Crippen LogP contribution is 2.31. The van der Waals surface area contributed by atoms with Crippen molar-refractivity contribution in [3.8, 4) is 0 Å². The van der Waals surface area contributed by atoms with Crippen LogP contribution in [0.3, 0.4) is 0 Å². The number of ether oxygens (including phenoxy) is 2. The van der Waals surface area contributed by atoms with Crippen LogP contribution in [0.15, 0.2) is 11.1 Å². The maximum absolute atomic E-state index is 12.2. The molecule has 152 valence electrons. The molecule has 0 saturated carbocycles. The van der Waals surface area contributed by atoms with Crippen molar-refractivity contribution in [3.05, 3.63) is 16.7 Å². The molecule has 1 aliphatic rings. The van der Waals surface area contributed by atoms with Gasteiger partial charge >= 0.3 is 5.97 Å². The first-order valence-electron chi connectivity index (χ1n) is 8.61. The number of amides is 1. The van der Waals surface area contributed by atoms with Gasteiger partial charge in [-0.15, -0.1) is 0 Å². The number of rotatable bonds is 5. The lowest BCUT2D eigenvalue weighted by molar-refractivity contribution is -0.147. The molecule has 0 spiro atoms. The van der Waals surface area contributed by atoms with Gasteiger partial charge in [0.1, 0.15) is 24.9 Å². The molecule has 12 heteroatoms. The van der Waals surface area contributed by atoms with Crippen molar-refractivity contribution in [2.24, 2.45) is 5.92 Å². The second-order valence-corrected chi connectivity index (χ2v) is 6.73. The molecule has 1 aliphatic heterocycles. The lowest BCUT2D eigenvalue weighted by atomic mass is 10.1. The summed E-state index contributed by atoms with van der Waals surface area (Å²) in [6.45, 7) is 4.33. The fourth-order valence-corrected chi connectivity index (χ4v) is 2.73. The summed E-state index contributed by atoms with van der Waals surface area (Å²) in [6, 6.07) is 0. The lowest BCUT2D eigenvalue weighted by Crippen LogP contribution is -2.34. The maximum Gasteiger partial charge on any atom is 0.302 e. The third kappa shape index (κ3) is 3.74. The average Bonchev–Trinajstić information content (AvgIpc) is 3.15. The van der Waals surface area contributed by atoms with E-state index >= 15 is 0 Å². The molecule has 1 fully saturated rings. The maximum atomic E-state index is 12.2. The van der Waals surface area contributed by atoms with E-state index in [0.717, 1.165) is 0 Å². The average molecular weight is 395 g/mol. The number of aromatic nitrogens is 4. The normalized spacial score (nSPS) is 24.6. The van der Waals surface area contributed by atoms with Crippen LogP contribution in [0.5, 0.6) is 0 Å². The monoisotopic (exact) mass is 395 g/mol. The number of carbonyl (C=O) groups excluding carboxylic acids is 2. The topological polar surface area (TPSA) is 169 Å². The molecule has 2 aromatic rings. The number of fused-ring (bicyclic) bond motifs is 1. The zero-order chi connectivity index (χ0) is 20.6. The summed E-state index contributed by atoms with van der Waals surface area (Å²) in [5.41, 5.74) is -0.573. The Bertz CT molecular complexity index is 952. The van der Waals surface area contributed by atoms with Gasteiger partial charge in [-0.2, -0.15) is 4.98 Å². The number of H-pyrrole nitrogens is 1. The minimum atomic E-state index is -1.38. The molecule has 3 heterocycles. The van der Waals surface area contributed by atoms with E-state index in [1.54, 1.807) is 13.8 Å². The van der Waals surface area contributed by atoms with Crippen molar-refractivity contribution in [3.63, 3.8) is 0 Å². The highest BCUT2D eigenvalue weighted by molar-refractivity contribution is 5.91. The van der Waals surface area contributed by atoms with E-state index in [9.17, 15) is 24.6 Å². The zero-order valence-electron chi connectivity index (χ0n) is 15.4. The number of nitrogens with zero attached hydrogens (tertiary/aromatic N) is 3. The predicted octanol–water partition coefficient (Wildman–Crippen LogP) is -1.10. The van der Waals surface area contributed by atoms with E-state index < -0.39 is 36.1 Å². The Hall–Kier alpha value is -2.83. The SMILES string of the molecule is CC(=O)OC[C@H]1O[C@@H](n2cnc3c(=O)[nH]c(NC(=O)C(C)C)nc32)[C@H](O)[C@@H]1O. The summed E-state index contributed by atoms with van der Waals surface area (Å²) in [4.78, 5) is 45.6. The molecule has 0 unspecified atom stereocenters. The number of esters is 1. The number of hydrogen-bond donors (Lipinski definition) is 4. The molecule has 3 rings (SSSR count). The standard InChI is InChI=1S/C16H21N5O7/c1-6(2)13(25)19-16-18-12-9(14(26)20-16)17-5-21(12)15-11(24)10(23)8(28-15)4-27-7(3)22/h5-6,8,10-11,15,23-24H,4H2,1-3H3,(H2,18,19,20,25,26)/t8-,10-,11-,15-/m1/s1. The van der Waals surface area contributed by atoms with Crippen LogP contribution >= 0.6 is 0 Å². The number of carbonyl (C=O) groups is 2. The second kappa shape index (κ2) is 7.66. The largest absolute Gasteiger partial charge is 0.463 e. The summed E-state index contributed by atoms with van der Waals surface area (Å²) >= 11 is 0. The van der Waals surface area contributed by atoms with Gasteiger partial charge in [-0.05, 0) is 0 Å². The Morgan fingerprint density at radius 1 is 1.39 bits per heavy atom. The molecule has 28 heavy (non-hydrogen) atoms. The van der Waals surface area contributed by atoms with Gasteiger partial charge in [0.15, 0.2) is 17.4 Å². The van der Waals surface area contributed by atoms with Crippen LogP contribution in [0.4, 0.5) is 5.95 Å². The van der Waals surface area contributed by atoms with Gasteiger partial charge in [-0.3, -0.25) is 29.3 Å². The van der Waals surface area contributed by atoms with E-state index in [1.165, 1.54) is 17.8 Å². The van der Waals surface area contributed by atoms with Crippen molar-refractivity contribution in [1.82, 2.24) is 19.5 Å². The number of aromatic amines is 1. The molecule has 0 radical (unpaired) electrons. The first-order chi connectivity index (χ1) is 13.2. The van der Waals surface area contributed by atoms with Crippen molar-refractivity contribution in [2.45, 2.75) is 45.3 Å². The van der Waals surface area contributed by atoms with Crippen molar-refractivity contribution in [2.75, 3.05) is 11.9 Å². The molecule has 1 amide bonds. The van der Waals surface area contributed by atoms with E-state index in [-0.39, 0.29) is 35.5 Å². The van der Waals surface area contributed by atoms with Crippen LogP contribution < -0.4 is 10.9 Å². The van der Waals surface area contributed by atoms with Crippen LogP contribution in [0, 0.1) is 5.92 Å². The van der Waals surface area contributed by atoms with Gasteiger partial charge in [0.25, 0.3) is 5.56 Å². The highest BCUT2D eigenvalue weighted by Gasteiger charge is 2.44. The van der Waals surface area contributed by atoms with Crippen LogP contribution in [0.2, 0.25) is 0 Å². The molecular weight excluding hydrogens is 374 g/mol. The minimum Gasteiger partial charge on any atom is -0.463 e. The molecule has 4 N–H and O–H groups in total. The summed E-state index contributed by atoms with van der Waals surface area (Å²) in [7, 11) is 0. The Morgan fingerprint density at radius 3 is 2.75 bits per heavy atom. The molecule has 0 bridgehead atoms.